The van der Waals surface area contributed by atoms with E-state index in [0.717, 1.165) is 22.6 Å². The van der Waals surface area contributed by atoms with Gasteiger partial charge in [-0.05, 0) is 31.9 Å². The van der Waals surface area contributed by atoms with Gasteiger partial charge in [0.05, 0.1) is 0 Å². The fourth-order valence-electron chi connectivity index (χ4n) is 1.77. The lowest BCUT2D eigenvalue weighted by molar-refractivity contribution is -0.139. The highest BCUT2D eigenvalue weighted by atomic mass is 32.2. The van der Waals surface area contributed by atoms with Crippen LogP contribution < -0.4 is 4.72 Å². The van der Waals surface area contributed by atoms with Crippen LogP contribution in [0.2, 0.25) is 0 Å². The monoisotopic (exact) mass is 305 g/mol. The topological polar surface area (TPSA) is 83.5 Å². The molecule has 0 radical (unpaired) electrons. The Morgan fingerprint density at radius 3 is 2.53 bits per heavy atom. The number of rotatable bonds is 7. The number of carboxylic acid groups (broad SMARTS) is 1. The van der Waals surface area contributed by atoms with E-state index in [-0.39, 0.29) is 4.21 Å². The van der Waals surface area contributed by atoms with Gasteiger partial charge in [0, 0.05) is 4.88 Å². The SMILES string of the molecule is CCCCC(NS(=O)(=O)c1sc(C)cc1C)C(=O)O. The van der Waals surface area contributed by atoms with Crippen molar-refractivity contribution in [2.75, 3.05) is 0 Å². The van der Waals surface area contributed by atoms with Crippen molar-refractivity contribution in [2.45, 2.75) is 50.3 Å². The zero-order valence-corrected chi connectivity index (χ0v) is 12.9. The molecule has 1 unspecified atom stereocenters. The van der Waals surface area contributed by atoms with E-state index in [9.17, 15) is 13.2 Å². The average molecular weight is 305 g/mol. The highest BCUT2D eigenvalue weighted by Crippen LogP contribution is 2.26. The van der Waals surface area contributed by atoms with E-state index >= 15 is 0 Å². The van der Waals surface area contributed by atoms with Gasteiger partial charge < -0.3 is 5.11 Å². The van der Waals surface area contributed by atoms with Gasteiger partial charge in [0.25, 0.3) is 10.0 Å². The van der Waals surface area contributed by atoms with Crippen molar-refractivity contribution < 1.29 is 18.3 Å². The molecule has 2 N–H and O–H groups in total. The molecule has 0 aromatic carbocycles. The number of aryl methyl sites for hydroxylation is 2. The predicted molar refractivity (Wildman–Crippen MR) is 75.1 cm³/mol. The molecule has 1 atom stereocenters. The fourth-order valence-corrected chi connectivity index (χ4v) is 4.68. The number of thiophene rings is 1. The van der Waals surface area contributed by atoms with Gasteiger partial charge in [-0.25, -0.2) is 8.42 Å². The molecule has 0 aliphatic carbocycles. The van der Waals surface area contributed by atoms with Crippen molar-refractivity contribution in [3.63, 3.8) is 0 Å². The minimum atomic E-state index is -3.76. The van der Waals surface area contributed by atoms with Crippen LogP contribution in [0.4, 0.5) is 0 Å². The first-order chi connectivity index (χ1) is 8.77. The summed E-state index contributed by atoms with van der Waals surface area (Å²) in [5, 5.41) is 9.06. The number of unbranched alkanes of at least 4 members (excludes halogenated alkanes) is 1. The van der Waals surface area contributed by atoms with Crippen LogP contribution in [-0.4, -0.2) is 25.5 Å². The Balaban J connectivity index is 2.94. The Labute approximate surface area is 117 Å². The molecule has 1 rings (SSSR count). The summed E-state index contributed by atoms with van der Waals surface area (Å²) in [7, 11) is -3.76. The van der Waals surface area contributed by atoms with Crippen LogP contribution >= 0.6 is 11.3 Å². The third kappa shape index (κ3) is 4.29. The molecule has 108 valence electrons. The lowest BCUT2D eigenvalue weighted by atomic mass is 10.1. The van der Waals surface area contributed by atoms with Gasteiger partial charge in [0.2, 0.25) is 0 Å². The molecule has 0 saturated carbocycles. The summed E-state index contributed by atoms with van der Waals surface area (Å²) in [5.41, 5.74) is 0.648. The number of sulfonamides is 1. The minimum Gasteiger partial charge on any atom is -0.480 e. The van der Waals surface area contributed by atoms with Crippen LogP contribution in [-0.2, 0) is 14.8 Å². The maximum Gasteiger partial charge on any atom is 0.321 e. The Kier molecular flexibility index (Phi) is 5.51. The van der Waals surface area contributed by atoms with Crippen molar-refractivity contribution in [3.8, 4) is 0 Å². The summed E-state index contributed by atoms with van der Waals surface area (Å²) in [6.45, 7) is 5.46. The summed E-state index contributed by atoms with van der Waals surface area (Å²) >= 11 is 1.16. The first-order valence-electron chi connectivity index (χ1n) is 6.10. The van der Waals surface area contributed by atoms with E-state index in [4.69, 9.17) is 5.11 Å². The minimum absolute atomic E-state index is 0.202. The maximum atomic E-state index is 12.2. The number of hydrogen-bond donors (Lipinski definition) is 2. The first-order valence-corrected chi connectivity index (χ1v) is 8.40. The zero-order valence-electron chi connectivity index (χ0n) is 11.3. The molecular formula is C12H19NO4S2. The smallest absolute Gasteiger partial charge is 0.321 e. The largest absolute Gasteiger partial charge is 0.480 e. The van der Waals surface area contributed by atoms with Gasteiger partial charge >= 0.3 is 5.97 Å². The van der Waals surface area contributed by atoms with Crippen molar-refractivity contribution in [3.05, 3.63) is 16.5 Å². The molecule has 0 saturated heterocycles. The lowest BCUT2D eigenvalue weighted by Crippen LogP contribution is -2.40. The lowest BCUT2D eigenvalue weighted by Gasteiger charge is -2.14. The zero-order chi connectivity index (χ0) is 14.6. The molecule has 5 nitrogen and oxygen atoms in total. The second kappa shape index (κ2) is 6.49. The van der Waals surface area contributed by atoms with Crippen LogP contribution in [0.25, 0.3) is 0 Å². The summed E-state index contributed by atoms with van der Waals surface area (Å²) < 4.78 is 26.8. The van der Waals surface area contributed by atoms with E-state index in [1.165, 1.54) is 0 Å². The van der Waals surface area contributed by atoms with Crippen LogP contribution in [0, 0.1) is 13.8 Å². The van der Waals surface area contributed by atoms with Crippen molar-refractivity contribution >= 4 is 27.3 Å². The van der Waals surface area contributed by atoms with Gasteiger partial charge in [-0.2, -0.15) is 4.72 Å². The normalized spacial score (nSPS) is 13.4. The van der Waals surface area contributed by atoms with E-state index in [1.807, 2.05) is 13.8 Å². The fraction of sp³-hybridized carbons (Fsp3) is 0.583. The quantitative estimate of drug-likeness (QED) is 0.809. The van der Waals surface area contributed by atoms with Crippen molar-refractivity contribution in [2.24, 2.45) is 0 Å². The molecule has 0 fully saturated rings. The Bertz CT molecular complexity index is 548. The highest BCUT2D eigenvalue weighted by Gasteiger charge is 2.27. The standard InChI is InChI=1S/C12H19NO4S2/c1-4-5-6-10(11(14)15)13-19(16,17)12-8(2)7-9(3)18-12/h7,10,13H,4-6H2,1-3H3,(H,14,15). The molecule has 0 aliphatic heterocycles. The maximum absolute atomic E-state index is 12.2. The molecule has 0 bridgehead atoms. The molecule has 7 heteroatoms. The van der Waals surface area contributed by atoms with E-state index in [0.29, 0.717) is 18.4 Å². The molecule has 1 aromatic rings. The molecule has 1 aromatic heterocycles. The second-order valence-electron chi connectivity index (χ2n) is 4.48. The number of nitrogens with one attached hydrogen (secondary N) is 1. The van der Waals surface area contributed by atoms with Gasteiger partial charge in [-0.15, -0.1) is 11.3 Å². The van der Waals surface area contributed by atoms with Gasteiger partial charge in [-0.1, -0.05) is 19.8 Å². The van der Waals surface area contributed by atoms with Gasteiger partial charge in [0.1, 0.15) is 10.3 Å². The third-order valence-electron chi connectivity index (χ3n) is 2.68. The highest BCUT2D eigenvalue weighted by molar-refractivity contribution is 7.91. The Morgan fingerprint density at radius 2 is 2.11 bits per heavy atom. The van der Waals surface area contributed by atoms with E-state index in [1.54, 1.807) is 13.0 Å². The predicted octanol–water partition coefficient (Wildman–Crippen LogP) is 2.29. The first kappa shape index (κ1) is 16.1. The van der Waals surface area contributed by atoms with Crippen LogP contribution in [0.15, 0.2) is 10.3 Å². The summed E-state index contributed by atoms with van der Waals surface area (Å²) in [5.74, 6) is -1.14. The molecule has 0 aliphatic rings. The second-order valence-corrected chi connectivity index (χ2v) is 7.65. The van der Waals surface area contributed by atoms with Crippen LogP contribution in [0.1, 0.15) is 36.6 Å². The Morgan fingerprint density at radius 1 is 1.47 bits per heavy atom. The van der Waals surface area contributed by atoms with Crippen LogP contribution in [0.5, 0.6) is 0 Å². The van der Waals surface area contributed by atoms with Crippen LogP contribution in [0.3, 0.4) is 0 Å². The number of carbonyl (C=O) groups is 1. The van der Waals surface area contributed by atoms with Gasteiger partial charge in [-0.3, -0.25) is 4.79 Å². The number of aliphatic carboxylic acids is 1. The molecule has 0 spiro atoms. The molecular weight excluding hydrogens is 286 g/mol. The number of carboxylic acids is 1. The summed E-state index contributed by atoms with van der Waals surface area (Å²) in [6.07, 6.45) is 1.79. The summed E-state index contributed by atoms with van der Waals surface area (Å²) in [4.78, 5) is 12.0. The molecule has 1 heterocycles. The average Bonchev–Trinajstić information content (AvgIpc) is 2.64. The molecule has 19 heavy (non-hydrogen) atoms. The van der Waals surface area contributed by atoms with Gasteiger partial charge in [0.15, 0.2) is 0 Å². The van der Waals surface area contributed by atoms with Crippen molar-refractivity contribution in [1.29, 1.82) is 0 Å². The number of hydrogen-bond acceptors (Lipinski definition) is 4. The van der Waals surface area contributed by atoms with E-state index < -0.39 is 22.0 Å². The Hall–Kier alpha value is -0.920. The third-order valence-corrected chi connectivity index (χ3v) is 5.94. The molecule has 0 amide bonds. The van der Waals surface area contributed by atoms with Crippen molar-refractivity contribution in [1.82, 2.24) is 4.72 Å². The van der Waals surface area contributed by atoms with E-state index in [2.05, 4.69) is 4.72 Å². The summed E-state index contributed by atoms with van der Waals surface area (Å²) in [6, 6.07) is 0.716.